The summed E-state index contributed by atoms with van der Waals surface area (Å²) in [7, 11) is 3.46. The zero-order valence-electron chi connectivity index (χ0n) is 11.8. The highest BCUT2D eigenvalue weighted by atomic mass is 32.1. The van der Waals surface area contributed by atoms with E-state index in [0.29, 0.717) is 12.8 Å². The van der Waals surface area contributed by atoms with Crippen LogP contribution in [0.15, 0.2) is 5.38 Å². The summed E-state index contributed by atoms with van der Waals surface area (Å²) in [5.74, 6) is -0.187. The van der Waals surface area contributed by atoms with Crippen LogP contribution in [-0.4, -0.2) is 31.7 Å². The van der Waals surface area contributed by atoms with E-state index in [-0.39, 0.29) is 11.4 Å². The first-order valence-corrected chi connectivity index (χ1v) is 6.92. The van der Waals surface area contributed by atoms with Crippen molar-refractivity contribution in [1.29, 1.82) is 0 Å². The molecule has 0 aliphatic carbocycles. The summed E-state index contributed by atoms with van der Waals surface area (Å²) in [6.45, 7) is 7.57. The van der Waals surface area contributed by atoms with E-state index in [1.54, 1.807) is 11.3 Å². The first kappa shape index (κ1) is 15.0. The molecule has 18 heavy (non-hydrogen) atoms. The Hall–Kier alpha value is -1.10. The van der Waals surface area contributed by atoms with Gasteiger partial charge in [-0.3, -0.25) is 4.79 Å². The van der Waals surface area contributed by atoms with Crippen molar-refractivity contribution in [3.05, 3.63) is 11.1 Å². The molecule has 1 aromatic rings. The van der Waals surface area contributed by atoms with Gasteiger partial charge in [0.1, 0.15) is 0 Å². The van der Waals surface area contributed by atoms with Crippen molar-refractivity contribution < 1.29 is 9.53 Å². The molecule has 0 bridgehead atoms. The second-order valence-corrected chi connectivity index (χ2v) is 6.45. The Balaban J connectivity index is 2.55. The quantitative estimate of drug-likeness (QED) is 0.772. The van der Waals surface area contributed by atoms with Crippen LogP contribution in [0.4, 0.5) is 5.13 Å². The molecule has 0 atom stereocenters. The van der Waals surface area contributed by atoms with Crippen molar-refractivity contribution in [2.24, 2.45) is 5.41 Å². The van der Waals surface area contributed by atoms with Gasteiger partial charge < -0.3 is 9.64 Å². The number of thiazole rings is 1. The van der Waals surface area contributed by atoms with Gasteiger partial charge in [-0.1, -0.05) is 20.8 Å². The van der Waals surface area contributed by atoms with Crippen molar-refractivity contribution in [3.8, 4) is 0 Å². The van der Waals surface area contributed by atoms with Crippen molar-refractivity contribution in [1.82, 2.24) is 4.98 Å². The molecule has 102 valence electrons. The van der Waals surface area contributed by atoms with E-state index in [0.717, 1.165) is 17.4 Å². The maximum atomic E-state index is 11.1. The number of aryl methyl sites for hydroxylation is 1. The van der Waals surface area contributed by atoms with Crippen LogP contribution < -0.4 is 4.90 Å². The van der Waals surface area contributed by atoms with E-state index in [2.05, 4.69) is 35.4 Å². The summed E-state index contributed by atoms with van der Waals surface area (Å²) >= 11 is 1.62. The summed E-state index contributed by atoms with van der Waals surface area (Å²) in [6, 6.07) is 0. The third kappa shape index (κ3) is 5.04. The maximum Gasteiger partial charge on any atom is 0.305 e. The van der Waals surface area contributed by atoms with Gasteiger partial charge in [-0.05, 0) is 5.41 Å². The lowest BCUT2D eigenvalue weighted by molar-refractivity contribution is -0.140. The summed E-state index contributed by atoms with van der Waals surface area (Å²) in [5, 5.41) is 3.02. The molecular weight excluding hydrogens is 248 g/mol. The molecule has 1 aromatic heterocycles. The lowest BCUT2D eigenvalue weighted by Crippen LogP contribution is -2.28. The van der Waals surface area contributed by atoms with E-state index in [4.69, 9.17) is 0 Å². The van der Waals surface area contributed by atoms with Crippen molar-refractivity contribution in [2.75, 3.05) is 25.6 Å². The van der Waals surface area contributed by atoms with Gasteiger partial charge in [0.2, 0.25) is 0 Å². The first-order valence-electron chi connectivity index (χ1n) is 6.04. The van der Waals surface area contributed by atoms with Crippen LogP contribution in [0.3, 0.4) is 0 Å². The van der Waals surface area contributed by atoms with E-state index >= 15 is 0 Å². The molecule has 0 aliphatic heterocycles. The average molecular weight is 270 g/mol. The molecule has 0 unspecified atom stereocenters. The molecule has 0 saturated heterocycles. The zero-order valence-corrected chi connectivity index (χ0v) is 12.6. The van der Waals surface area contributed by atoms with E-state index < -0.39 is 0 Å². The van der Waals surface area contributed by atoms with Gasteiger partial charge >= 0.3 is 5.97 Å². The standard InChI is InChI=1S/C13H22N2O2S/c1-13(2,3)9-15(4)12-14-10(8-18-12)6-7-11(16)17-5/h8H,6-7,9H2,1-5H3. The molecule has 0 saturated carbocycles. The van der Waals surface area contributed by atoms with Crippen LogP contribution >= 0.6 is 11.3 Å². The highest BCUT2D eigenvalue weighted by Crippen LogP contribution is 2.24. The highest BCUT2D eigenvalue weighted by molar-refractivity contribution is 7.13. The molecule has 0 amide bonds. The largest absolute Gasteiger partial charge is 0.469 e. The fraction of sp³-hybridized carbons (Fsp3) is 0.692. The molecule has 0 fully saturated rings. The Labute approximate surface area is 113 Å². The fourth-order valence-corrected chi connectivity index (χ4v) is 2.52. The van der Waals surface area contributed by atoms with Gasteiger partial charge in [-0.25, -0.2) is 4.98 Å². The smallest absolute Gasteiger partial charge is 0.305 e. The molecule has 0 radical (unpaired) electrons. The van der Waals surface area contributed by atoms with Gasteiger partial charge in [0, 0.05) is 25.4 Å². The van der Waals surface area contributed by atoms with Gasteiger partial charge in [0.25, 0.3) is 0 Å². The number of aromatic nitrogens is 1. The van der Waals surface area contributed by atoms with Crippen molar-refractivity contribution in [3.63, 3.8) is 0 Å². The SMILES string of the molecule is COC(=O)CCc1csc(N(C)CC(C)(C)C)n1. The number of methoxy groups -OCH3 is 1. The van der Waals surface area contributed by atoms with Crippen LogP contribution in [0.2, 0.25) is 0 Å². The third-order valence-electron chi connectivity index (χ3n) is 2.39. The summed E-state index contributed by atoms with van der Waals surface area (Å²) in [6.07, 6.45) is 1.04. The van der Waals surface area contributed by atoms with Gasteiger partial charge in [-0.15, -0.1) is 11.3 Å². The molecule has 5 heteroatoms. The Kier molecular flexibility index (Phi) is 5.14. The van der Waals surface area contributed by atoms with E-state index in [1.807, 2.05) is 12.4 Å². The predicted molar refractivity (Wildman–Crippen MR) is 75.2 cm³/mol. The molecule has 0 aromatic carbocycles. The van der Waals surface area contributed by atoms with E-state index in [1.165, 1.54) is 7.11 Å². The van der Waals surface area contributed by atoms with Crippen LogP contribution in [0.5, 0.6) is 0 Å². The Bertz CT molecular complexity index is 396. The number of anilines is 1. The molecular formula is C13H22N2O2S. The van der Waals surface area contributed by atoms with Crippen LogP contribution in [0.1, 0.15) is 32.9 Å². The molecule has 1 rings (SSSR count). The Morgan fingerprint density at radius 1 is 1.50 bits per heavy atom. The fourth-order valence-electron chi connectivity index (χ4n) is 1.70. The van der Waals surface area contributed by atoms with Crippen LogP contribution in [0.25, 0.3) is 0 Å². The lowest BCUT2D eigenvalue weighted by atomic mass is 9.96. The summed E-state index contributed by atoms with van der Waals surface area (Å²) in [5.41, 5.74) is 1.20. The minimum atomic E-state index is -0.187. The van der Waals surface area contributed by atoms with Gasteiger partial charge in [0.15, 0.2) is 5.13 Å². The van der Waals surface area contributed by atoms with Crippen LogP contribution in [-0.2, 0) is 16.0 Å². The average Bonchev–Trinajstić information content (AvgIpc) is 2.72. The second-order valence-electron chi connectivity index (χ2n) is 5.61. The molecule has 4 nitrogen and oxygen atoms in total. The predicted octanol–water partition coefficient (Wildman–Crippen LogP) is 2.73. The monoisotopic (exact) mass is 270 g/mol. The topological polar surface area (TPSA) is 42.4 Å². The number of nitrogens with zero attached hydrogens (tertiary/aromatic N) is 2. The third-order valence-corrected chi connectivity index (χ3v) is 3.39. The molecule has 0 aliphatic rings. The van der Waals surface area contributed by atoms with Crippen molar-refractivity contribution in [2.45, 2.75) is 33.6 Å². The second kappa shape index (κ2) is 6.18. The minimum Gasteiger partial charge on any atom is -0.469 e. The van der Waals surface area contributed by atoms with Crippen molar-refractivity contribution >= 4 is 22.4 Å². The van der Waals surface area contributed by atoms with Gasteiger partial charge in [-0.2, -0.15) is 0 Å². The van der Waals surface area contributed by atoms with Gasteiger partial charge in [0.05, 0.1) is 19.2 Å². The number of hydrogen-bond donors (Lipinski definition) is 0. The van der Waals surface area contributed by atoms with Crippen LogP contribution in [0, 0.1) is 5.41 Å². The lowest BCUT2D eigenvalue weighted by Gasteiger charge is -2.26. The summed E-state index contributed by atoms with van der Waals surface area (Å²) in [4.78, 5) is 17.8. The number of hydrogen-bond acceptors (Lipinski definition) is 5. The summed E-state index contributed by atoms with van der Waals surface area (Å²) < 4.78 is 4.62. The molecule has 1 heterocycles. The zero-order chi connectivity index (χ0) is 13.8. The molecule has 0 N–H and O–H groups in total. The number of ether oxygens (including phenoxy) is 1. The number of rotatable bonds is 5. The minimum absolute atomic E-state index is 0.187. The number of esters is 1. The first-order chi connectivity index (χ1) is 8.31. The number of carbonyl (C=O) groups is 1. The number of carbonyl (C=O) groups excluding carboxylic acids is 1. The highest BCUT2D eigenvalue weighted by Gasteiger charge is 2.16. The maximum absolute atomic E-state index is 11.1. The Morgan fingerprint density at radius 3 is 2.72 bits per heavy atom. The molecule has 0 spiro atoms. The Morgan fingerprint density at radius 2 is 2.17 bits per heavy atom. The van der Waals surface area contributed by atoms with E-state index in [9.17, 15) is 4.79 Å². The normalized spacial score (nSPS) is 11.4.